The van der Waals surface area contributed by atoms with Crippen LogP contribution in [0.3, 0.4) is 0 Å². The number of hydrogen-bond donors (Lipinski definition) is 1. The van der Waals surface area contributed by atoms with Crippen LogP contribution in [-0.4, -0.2) is 17.9 Å². The van der Waals surface area contributed by atoms with Crippen molar-refractivity contribution in [3.05, 3.63) is 70.7 Å². The largest absolute Gasteiger partial charge is 0.456 e. The van der Waals surface area contributed by atoms with E-state index in [1.165, 1.54) is 0 Å². The molecule has 22 heavy (non-hydrogen) atoms. The molecule has 0 aromatic heterocycles. The average Bonchev–Trinajstić information content (AvgIpc) is 2.90. The molecule has 112 valence electrons. The fourth-order valence-electron chi connectivity index (χ4n) is 2.41. The number of rotatable bonds is 3. The molecule has 2 aromatic carbocycles. The molecule has 0 spiro atoms. The predicted octanol–water partition coefficient (Wildman–Crippen LogP) is 3.13. The third-order valence-electron chi connectivity index (χ3n) is 3.58. The monoisotopic (exact) mass is 315 g/mol. The van der Waals surface area contributed by atoms with E-state index in [0.29, 0.717) is 17.0 Å². The van der Waals surface area contributed by atoms with Crippen molar-refractivity contribution in [2.24, 2.45) is 0 Å². The summed E-state index contributed by atoms with van der Waals surface area (Å²) >= 11 is 5.85. The first-order valence-corrected chi connectivity index (χ1v) is 7.33. The Morgan fingerprint density at radius 2 is 1.77 bits per heavy atom. The third-order valence-corrected chi connectivity index (χ3v) is 3.83. The van der Waals surface area contributed by atoms with Gasteiger partial charge in [-0.15, -0.1) is 0 Å². The highest BCUT2D eigenvalue weighted by molar-refractivity contribution is 6.30. The van der Waals surface area contributed by atoms with Crippen LogP contribution in [-0.2, 0) is 9.53 Å². The van der Waals surface area contributed by atoms with Crippen LogP contribution in [0.1, 0.15) is 28.4 Å². The molecule has 0 radical (unpaired) electrons. The second kappa shape index (κ2) is 6.20. The number of hydrogen-bond acceptors (Lipinski definition) is 3. The molecule has 0 aliphatic carbocycles. The van der Waals surface area contributed by atoms with Crippen molar-refractivity contribution in [2.45, 2.75) is 18.6 Å². The molecule has 2 aromatic rings. The minimum atomic E-state index is -0.631. The van der Waals surface area contributed by atoms with Gasteiger partial charge in [0, 0.05) is 17.0 Å². The van der Waals surface area contributed by atoms with Gasteiger partial charge in [0.25, 0.3) is 5.91 Å². The molecular formula is C17H14ClNO3. The van der Waals surface area contributed by atoms with Crippen molar-refractivity contribution < 1.29 is 14.3 Å². The zero-order chi connectivity index (χ0) is 15.5. The number of nitrogens with one attached hydrogen (secondary N) is 1. The molecule has 0 saturated carbocycles. The third kappa shape index (κ3) is 3.12. The fourth-order valence-corrected chi connectivity index (χ4v) is 2.54. The summed E-state index contributed by atoms with van der Waals surface area (Å²) in [5, 5.41) is 3.34. The second-order valence-corrected chi connectivity index (χ2v) is 5.54. The molecule has 1 fully saturated rings. The predicted molar refractivity (Wildman–Crippen MR) is 82.6 cm³/mol. The number of benzene rings is 2. The summed E-state index contributed by atoms with van der Waals surface area (Å²) in [6.07, 6.45) is 0.0600. The van der Waals surface area contributed by atoms with Crippen molar-refractivity contribution in [3.63, 3.8) is 0 Å². The summed E-state index contributed by atoms with van der Waals surface area (Å²) in [5.41, 5.74) is 1.39. The van der Waals surface area contributed by atoms with E-state index in [9.17, 15) is 9.59 Å². The molecular weight excluding hydrogens is 302 g/mol. The van der Waals surface area contributed by atoms with Crippen LogP contribution in [0.25, 0.3) is 0 Å². The van der Waals surface area contributed by atoms with E-state index < -0.39 is 12.0 Å². The number of ether oxygens (including phenoxy) is 1. The van der Waals surface area contributed by atoms with Crippen LogP contribution < -0.4 is 5.32 Å². The van der Waals surface area contributed by atoms with Crippen molar-refractivity contribution >= 4 is 23.5 Å². The van der Waals surface area contributed by atoms with Crippen molar-refractivity contribution in [2.75, 3.05) is 0 Å². The van der Waals surface area contributed by atoms with E-state index in [-0.39, 0.29) is 12.0 Å². The van der Waals surface area contributed by atoms with Gasteiger partial charge in [0.05, 0.1) is 0 Å². The van der Waals surface area contributed by atoms with E-state index in [1.54, 1.807) is 36.4 Å². The Morgan fingerprint density at radius 3 is 2.45 bits per heavy atom. The van der Waals surface area contributed by atoms with Crippen molar-refractivity contribution in [1.29, 1.82) is 0 Å². The van der Waals surface area contributed by atoms with Crippen LogP contribution in [0.2, 0.25) is 5.02 Å². The summed E-state index contributed by atoms with van der Waals surface area (Å²) in [7, 11) is 0. The second-order valence-electron chi connectivity index (χ2n) is 5.10. The summed E-state index contributed by atoms with van der Waals surface area (Å²) in [4.78, 5) is 24.0. The Labute approximate surface area is 133 Å². The lowest BCUT2D eigenvalue weighted by atomic mass is 10.0. The minimum Gasteiger partial charge on any atom is -0.456 e. The van der Waals surface area contributed by atoms with E-state index in [2.05, 4.69) is 5.32 Å². The summed E-state index contributed by atoms with van der Waals surface area (Å²) in [5.74, 6) is -0.691. The number of halogens is 1. The zero-order valence-corrected chi connectivity index (χ0v) is 12.4. The molecule has 0 bridgehead atoms. The molecule has 5 heteroatoms. The molecule has 1 aliphatic rings. The quantitative estimate of drug-likeness (QED) is 0.885. The van der Waals surface area contributed by atoms with Crippen LogP contribution in [0.4, 0.5) is 0 Å². The SMILES string of the molecule is O=C(N[C@H]1C[C@@H](c2ccc(Cl)cc2)OC1=O)c1ccccc1. The zero-order valence-electron chi connectivity index (χ0n) is 11.7. The first-order valence-electron chi connectivity index (χ1n) is 6.95. The highest BCUT2D eigenvalue weighted by Gasteiger charge is 2.36. The van der Waals surface area contributed by atoms with E-state index >= 15 is 0 Å². The Morgan fingerprint density at radius 1 is 1.09 bits per heavy atom. The maximum Gasteiger partial charge on any atom is 0.329 e. The van der Waals surface area contributed by atoms with Gasteiger partial charge < -0.3 is 10.1 Å². The Kier molecular flexibility index (Phi) is 4.11. The topological polar surface area (TPSA) is 55.4 Å². The van der Waals surface area contributed by atoms with E-state index in [4.69, 9.17) is 16.3 Å². The molecule has 0 unspecified atom stereocenters. The smallest absolute Gasteiger partial charge is 0.329 e. The Hall–Kier alpha value is -2.33. The van der Waals surface area contributed by atoms with Crippen LogP contribution in [0.15, 0.2) is 54.6 Å². The lowest BCUT2D eigenvalue weighted by molar-refractivity contribution is -0.143. The first kappa shape index (κ1) is 14.6. The van der Waals surface area contributed by atoms with Gasteiger partial charge >= 0.3 is 5.97 Å². The molecule has 1 saturated heterocycles. The van der Waals surface area contributed by atoms with E-state index in [0.717, 1.165) is 5.56 Å². The molecule has 1 aliphatic heterocycles. The first-order chi connectivity index (χ1) is 10.6. The average molecular weight is 316 g/mol. The lowest BCUT2D eigenvalue weighted by Crippen LogP contribution is -2.37. The van der Waals surface area contributed by atoms with Crippen LogP contribution in [0, 0.1) is 0 Å². The highest BCUT2D eigenvalue weighted by atomic mass is 35.5. The van der Waals surface area contributed by atoms with Crippen molar-refractivity contribution in [1.82, 2.24) is 5.32 Å². The van der Waals surface area contributed by atoms with Gasteiger partial charge in [0.1, 0.15) is 12.1 Å². The number of amides is 1. The molecule has 1 heterocycles. The van der Waals surface area contributed by atoms with Crippen molar-refractivity contribution in [3.8, 4) is 0 Å². The lowest BCUT2D eigenvalue weighted by Gasteiger charge is -2.09. The highest BCUT2D eigenvalue weighted by Crippen LogP contribution is 2.30. The van der Waals surface area contributed by atoms with Gasteiger partial charge in [-0.1, -0.05) is 41.9 Å². The Bertz CT molecular complexity index is 685. The van der Waals surface area contributed by atoms with Gasteiger partial charge in [-0.3, -0.25) is 4.79 Å². The van der Waals surface area contributed by atoms with Crippen LogP contribution in [0.5, 0.6) is 0 Å². The number of esters is 1. The minimum absolute atomic E-state index is 0.278. The maximum absolute atomic E-state index is 12.1. The Balaban J connectivity index is 1.67. The standard InChI is InChI=1S/C17H14ClNO3/c18-13-8-6-11(7-9-13)15-10-14(17(21)22-15)19-16(20)12-4-2-1-3-5-12/h1-9,14-15H,10H2,(H,19,20)/t14-,15-/m0/s1. The summed E-state index contributed by atoms with van der Waals surface area (Å²) in [6, 6.07) is 15.3. The molecule has 3 rings (SSSR count). The molecule has 4 nitrogen and oxygen atoms in total. The van der Waals surface area contributed by atoms with Gasteiger partial charge in [0.15, 0.2) is 0 Å². The van der Waals surface area contributed by atoms with Gasteiger partial charge in [-0.25, -0.2) is 4.79 Å². The fraction of sp³-hybridized carbons (Fsp3) is 0.176. The van der Waals surface area contributed by atoms with Gasteiger partial charge in [-0.05, 0) is 29.8 Å². The summed E-state index contributed by atoms with van der Waals surface area (Å²) in [6.45, 7) is 0. The molecule has 2 atom stereocenters. The summed E-state index contributed by atoms with van der Waals surface area (Å²) < 4.78 is 5.34. The molecule has 1 N–H and O–H groups in total. The normalized spacial score (nSPS) is 20.5. The maximum atomic E-state index is 12.1. The number of carbonyl (C=O) groups excluding carboxylic acids is 2. The van der Waals surface area contributed by atoms with Crippen LogP contribution >= 0.6 is 11.6 Å². The molecule has 1 amide bonds. The number of carbonyl (C=O) groups is 2. The van der Waals surface area contributed by atoms with E-state index in [1.807, 2.05) is 18.2 Å². The number of cyclic esters (lactones) is 1. The van der Waals surface area contributed by atoms with Gasteiger partial charge in [-0.2, -0.15) is 0 Å². The van der Waals surface area contributed by atoms with Gasteiger partial charge in [0.2, 0.25) is 0 Å².